The van der Waals surface area contributed by atoms with Crippen LogP contribution in [0.4, 0.5) is 5.69 Å². The molecule has 44 heavy (non-hydrogen) atoms. The smallest absolute Gasteiger partial charge is 0.264 e. The summed E-state index contributed by atoms with van der Waals surface area (Å²) >= 11 is 0. The van der Waals surface area contributed by atoms with Crippen LogP contribution in [-0.2, 0) is 32.6 Å². The fourth-order valence-corrected chi connectivity index (χ4v) is 6.23. The van der Waals surface area contributed by atoms with Crippen molar-refractivity contribution in [2.45, 2.75) is 30.8 Å². The van der Waals surface area contributed by atoms with Crippen molar-refractivity contribution in [2.75, 3.05) is 31.6 Å². The van der Waals surface area contributed by atoms with E-state index in [1.807, 2.05) is 43.3 Å². The SMILES string of the molecule is CCNC(=O)C(Cc1ccccc1)N(Cc1cccc(OC)c1)C(=O)CN(c1ccccc1)S(=O)(=O)c1ccc(OC)cc1. The van der Waals surface area contributed by atoms with Gasteiger partial charge in [0, 0.05) is 19.5 Å². The average molecular weight is 616 g/mol. The van der Waals surface area contributed by atoms with E-state index >= 15 is 0 Å². The van der Waals surface area contributed by atoms with Gasteiger partial charge in [-0.3, -0.25) is 13.9 Å². The van der Waals surface area contributed by atoms with Gasteiger partial charge < -0.3 is 19.7 Å². The molecule has 230 valence electrons. The number of benzene rings is 4. The van der Waals surface area contributed by atoms with Gasteiger partial charge in [-0.2, -0.15) is 0 Å². The van der Waals surface area contributed by atoms with Crippen molar-refractivity contribution < 1.29 is 27.5 Å². The van der Waals surface area contributed by atoms with Gasteiger partial charge in [-0.15, -0.1) is 0 Å². The average Bonchev–Trinajstić information content (AvgIpc) is 3.06. The number of para-hydroxylation sites is 1. The summed E-state index contributed by atoms with van der Waals surface area (Å²) in [5, 5.41) is 2.86. The minimum atomic E-state index is -4.20. The highest BCUT2D eigenvalue weighted by Crippen LogP contribution is 2.26. The highest BCUT2D eigenvalue weighted by Gasteiger charge is 2.34. The number of rotatable bonds is 14. The first-order valence-corrected chi connectivity index (χ1v) is 15.7. The molecule has 0 aromatic heterocycles. The molecule has 4 aromatic rings. The lowest BCUT2D eigenvalue weighted by Crippen LogP contribution is -2.53. The number of carbonyl (C=O) groups is 2. The molecule has 4 rings (SSSR count). The highest BCUT2D eigenvalue weighted by molar-refractivity contribution is 7.92. The van der Waals surface area contributed by atoms with Gasteiger partial charge in [0.05, 0.1) is 24.8 Å². The second kappa shape index (κ2) is 15.1. The number of nitrogens with zero attached hydrogens (tertiary/aromatic N) is 2. The van der Waals surface area contributed by atoms with Gasteiger partial charge in [0.2, 0.25) is 11.8 Å². The Bertz CT molecular complexity index is 1630. The first kappa shape index (κ1) is 32.1. The summed E-state index contributed by atoms with van der Waals surface area (Å²) in [5.41, 5.74) is 1.90. The van der Waals surface area contributed by atoms with Gasteiger partial charge in [-0.1, -0.05) is 60.7 Å². The molecular formula is C34H37N3O6S. The van der Waals surface area contributed by atoms with Crippen LogP contribution in [0.3, 0.4) is 0 Å². The van der Waals surface area contributed by atoms with Crippen LogP contribution in [0.25, 0.3) is 0 Å². The Morgan fingerprint density at radius 3 is 2.00 bits per heavy atom. The third kappa shape index (κ3) is 7.96. The minimum Gasteiger partial charge on any atom is -0.497 e. The predicted molar refractivity (Wildman–Crippen MR) is 170 cm³/mol. The number of ether oxygens (including phenoxy) is 2. The maximum atomic E-state index is 14.4. The summed E-state index contributed by atoms with van der Waals surface area (Å²) in [6.45, 7) is 1.69. The van der Waals surface area contributed by atoms with Gasteiger partial charge >= 0.3 is 0 Å². The second-order valence-electron chi connectivity index (χ2n) is 10.00. The fourth-order valence-electron chi connectivity index (χ4n) is 4.81. The van der Waals surface area contributed by atoms with Crippen LogP contribution in [-0.4, -0.2) is 58.5 Å². The molecular weight excluding hydrogens is 578 g/mol. The topological polar surface area (TPSA) is 105 Å². The van der Waals surface area contributed by atoms with Crippen molar-refractivity contribution in [3.8, 4) is 11.5 Å². The molecule has 2 amide bonds. The molecule has 1 atom stereocenters. The molecule has 0 aliphatic rings. The molecule has 1 unspecified atom stereocenters. The van der Waals surface area contributed by atoms with Gasteiger partial charge in [-0.25, -0.2) is 8.42 Å². The summed E-state index contributed by atoms with van der Waals surface area (Å²) < 4.78 is 39.8. The van der Waals surface area contributed by atoms with Crippen LogP contribution in [0, 0.1) is 0 Å². The van der Waals surface area contributed by atoms with Crippen molar-refractivity contribution in [1.82, 2.24) is 10.2 Å². The van der Waals surface area contributed by atoms with E-state index in [1.165, 1.54) is 24.1 Å². The van der Waals surface area contributed by atoms with Gasteiger partial charge in [0.15, 0.2) is 0 Å². The molecule has 0 saturated heterocycles. The summed E-state index contributed by atoms with van der Waals surface area (Å²) in [6, 6.07) is 30.1. The van der Waals surface area contributed by atoms with E-state index in [4.69, 9.17) is 9.47 Å². The number of methoxy groups -OCH3 is 2. The number of carbonyl (C=O) groups excluding carboxylic acids is 2. The molecule has 0 spiro atoms. The number of nitrogens with one attached hydrogen (secondary N) is 1. The molecule has 0 aliphatic heterocycles. The van der Waals surface area contributed by atoms with Crippen LogP contribution in [0.5, 0.6) is 11.5 Å². The molecule has 1 N–H and O–H groups in total. The lowest BCUT2D eigenvalue weighted by atomic mass is 10.0. The maximum Gasteiger partial charge on any atom is 0.264 e. The molecule has 10 heteroatoms. The number of anilines is 1. The zero-order chi connectivity index (χ0) is 31.5. The van der Waals surface area contributed by atoms with Crippen LogP contribution >= 0.6 is 0 Å². The van der Waals surface area contributed by atoms with Crippen molar-refractivity contribution >= 4 is 27.5 Å². The normalized spacial score (nSPS) is 11.7. The zero-order valence-corrected chi connectivity index (χ0v) is 25.9. The lowest BCUT2D eigenvalue weighted by molar-refractivity contribution is -0.140. The Labute approximate surface area is 259 Å². The molecule has 9 nitrogen and oxygen atoms in total. The number of hydrogen-bond donors (Lipinski definition) is 1. The number of amides is 2. The third-order valence-electron chi connectivity index (χ3n) is 7.08. The van der Waals surface area contributed by atoms with E-state index in [2.05, 4.69) is 5.32 Å². The number of likely N-dealkylation sites (N-methyl/N-ethyl adjacent to an activating group) is 1. The van der Waals surface area contributed by atoms with Gasteiger partial charge in [-0.05, 0) is 66.6 Å². The minimum absolute atomic E-state index is 0.00106. The van der Waals surface area contributed by atoms with Crippen LogP contribution in [0.15, 0.2) is 114 Å². The molecule has 0 aliphatic carbocycles. The van der Waals surface area contributed by atoms with E-state index < -0.39 is 28.5 Å². The Hall–Kier alpha value is -4.83. The highest BCUT2D eigenvalue weighted by atomic mass is 32.2. The first-order chi connectivity index (χ1) is 21.3. The maximum absolute atomic E-state index is 14.4. The third-order valence-corrected chi connectivity index (χ3v) is 8.87. The van der Waals surface area contributed by atoms with Gasteiger partial charge in [0.25, 0.3) is 10.0 Å². The number of sulfonamides is 1. The van der Waals surface area contributed by atoms with Crippen molar-refractivity contribution in [1.29, 1.82) is 0 Å². The summed E-state index contributed by atoms with van der Waals surface area (Å²) in [7, 11) is -1.15. The summed E-state index contributed by atoms with van der Waals surface area (Å²) in [5.74, 6) is 0.222. The van der Waals surface area contributed by atoms with E-state index in [1.54, 1.807) is 67.8 Å². The largest absolute Gasteiger partial charge is 0.497 e. The van der Waals surface area contributed by atoms with Crippen molar-refractivity contribution in [3.63, 3.8) is 0 Å². The van der Waals surface area contributed by atoms with Gasteiger partial charge in [0.1, 0.15) is 24.1 Å². The Morgan fingerprint density at radius 1 is 0.773 bits per heavy atom. The Morgan fingerprint density at radius 2 is 1.39 bits per heavy atom. The van der Waals surface area contributed by atoms with Crippen LogP contribution in [0.1, 0.15) is 18.1 Å². The van der Waals surface area contributed by atoms with E-state index in [-0.39, 0.29) is 23.8 Å². The van der Waals surface area contributed by atoms with Crippen LogP contribution in [0.2, 0.25) is 0 Å². The van der Waals surface area contributed by atoms with E-state index in [9.17, 15) is 18.0 Å². The Balaban J connectivity index is 1.78. The molecule has 0 bridgehead atoms. The van der Waals surface area contributed by atoms with Crippen LogP contribution < -0.4 is 19.1 Å². The molecule has 0 fully saturated rings. The molecule has 0 heterocycles. The second-order valence-corrected chi connectivity index (χ2v) is 11.9. The predicted octanol–water partition coefficient (Wildman–Crippen LogP) is 4.68. The first-order valence-electron chi connectivity index (χ1n) is 14.2. The quantitative estimate of drug-likeness (QED) is 0.221. The van der Waals surface area contributed by atoms with Crippen molar-refractivity contribution in [3.05, 3.63) is 120 Å². The zero-order valence-electron chi connectivity index (χ0n) is 25.1. The lowest BCUT2D eigenvalue weighted by Gasteiger charge is -2.34. The summed E-state index contributed by atoms with van der Waals surface area (Å²) in [4.78, 5) is 29.4. The molecule has 0 saturated carbocycles. The molecule has 0 radical (unpaired) electrons. The van der Waals surface area contributed by atoms with Crippen molar-refractivity contribution in [2.24, 2.45) is 0 Å². The standard InChI is InChI=1S/C34H37N3O6S/c1-4-35-34(39)32(23-26-12-7-5-8-13-26)36(24-27-14-11-17-30(22-27)43-3)33(38)25-37(28-15-9-6-10-16-28)44(40,41)31-20-18-29(42-2)19-21-31/h5-22,32H,4,23-25H2,1-3H3,(H,35,39). The number of hydrogen-bond acceptors (Lipinski definition) is 6. The van der Waals surface area contributed by atoms with E-state index in [0.717, 1.165) is 15.4 Å². The van der Waals surface area contributed by atoms with E-state index in [0.29, 0.717) is 23.7 Å². The molecule has 4 aromatic carbocycles. The fraction of sp³-hybridized carbons (Fsp3) is 0.235. The Kier molecular flexibility index (Phi) is 11.0. The monoisotopic (exact) mass is 615 g/mol. The summed E-state index contributed by atoms with van der Waals surface area (Å²) in [6.07, 6.45) is 0.235.